The van der Waals surface area contributed by atoms with Gasteiger partial charge in [-0.2, -0.15) is 0 Å². The Morgan fingerprint density at radius 3 is 2.17 bits per heavy atom. The first-order valence-electron chi connectivity index (χ1n) is 10.5. The number of nitrogens with zero attached hydrogens (tertiary/aromatic N) is 1. The maximum atomic E-state index is 13.4. The molecule has 1 N–H and O–H groups in total. The number of methoxy groups -OCH3 is 1. The fourth-order valence-corrected chi connectivity index (χ4v) is 6.77. The Bertz CT molecular complexity index is 956. The molecule has 0 saturated heterocycles. The number of nitrogens with one attached hydrogen (secondary N) is 1. The second-order valence-corrected chi connectivity index (χ2v) is 9.47. The highest BCUT2D eigenvalue weighted by molar-refractivity contribution is 6.27. The zero-order chi connectivity index (χ0) is 20.5. The third-order valence-electron chi connectivity index (χ3n) is 7.38. The van der Waals surface area contributed by atoms with Crippen molar-refractivity contribution in [2.75, 3.05) is 7.11 Å². The number of esters is 1. The standard InChI is InChI=1S/C23H26N2O4/c1-11-18-20(19(12(2)24-11)22(28)29-3)17(26)7-16(21(18)27)25-23-8-13-4-14(9-23)6-15(5-13)10-23/h7,13-15,25H,4-6,8-10H2,1-3H3. The molecular weight excluding hydrogens is 368 g/mol. The Morgan fingerprint density at radius 2 is 1.62 bits per heavy atom. The van der Waals surface area contributed by atoms with Crippen molar-refractivity contribution in [2.45, 2.75) is 57.9 Å². The molecule has 1 heterocycles. The first-order valence-corrected chi connectivity index (χ1v) is 10.5. The summed E-state index contributed by atoms with van der Waals surface area (Å²) < 4.78 is 4.85. The van der Waals surface area contributed by atoms with Crippen LogP contribution in [0, 0.1) is 31.6 Å². The van der Waals surface area contributed by atoms with Crippen LogP contribution in [0.15, 0.2) is 11.8 Å². The van der Waals surface area contributed by atoms with Gasteiger partial charge >= 0.3 is 5.97 Å². The average molecular weight is 394 g/mol. The van der Waals surface area contributed by atoms with Gasteiger partial charge in [-0.15, -0.1) is 0 Å². The Morgan fingerprint density at radius 1 is 1.03 bits per heavy atom. The van der Waals surface area contributed by atoms with Gasteiger partial charge in [0, 0.05) is 17.3 Å². The van der Waals surface area contributed by atoms with E-state index in [9.17, 15) is 14.4 Å². The Kier molecular flexibility index (Phi) is 3.99. The molecule has 0 atom stereocenters. The molecule has 1 aromatic rings. The van der Waals surface area contributed by atoms with Crippen molar-refractivity contribution in [2.24, 2.45) is 17.8 Å². The minimum absolute atomic E-state index is 0.0781. The van der Waals surface area contributed by atoms with Crippen molar-refractivity contribution in [1.29, 1.82) is 0 Å². The van der Waals surface area contributed by atoms with Crippen molar-refractivity contribution in [3.05, 3.63) is 39.9 Å². The SMILES string of the molecule is COC(=O)c1c(C)nc(C)c2c1C(=O)C=C(NC13CC4CC(CC(C4)C1)C3)C2=O. The number of allylic oxidation sites excluding steroid dienone is 2. The Labute approximate surface area is 170 Å². The zero-order valence-corrected chi connectivity index (χ0v) is 17.1. The van der Waals surface area contributed by atoms with Gasteiger partial charge in [0.15, 0.2) is 5.78 Å². The van der Waals surface area contributed by atoms with Gasteiger partial charge in [0.25, 0.3) is 0 Å². The highest BCUT2D eigenvalue weighted by Gasteiger charge is 2.51. The van der Waals surface area contributed by atoms with E-state index in [1.54, 1.807) is 13.8 Å². The molecule has 0 spiro atoms. The molecule has 4 bridgehead atoms. The second-order valence-electron chi connectivity index (χ2n) is 9.47. The number of Topliss-reactive ketones (excluding diaryl/α,β-unsaturated/α-hetero) is 1. The quantitative estimate of drug-likeness (QED) is 0.792. The molecule has 5 aliphatic carbocycles. The lowest BCUT2D eigenvalue weighted by Gasteiger charge is -2.57. The number of carbonyl (C=O) groups is 3. The van der Waals surface area contributed by atoms with Crippen molar-refractivity contribution < 1.29 is 19.1 Å². The number of carbonyl (C=O) groups excluding carboxylic acids is 3. The molecule has 0 aromatic carbocycles. The average Bonchev–Trinajstić information content (AvgIpc) is 2.63. The number of hydrogen-bond acceptors (Lipinski definition) is 6. The third-order valence-corrected chi connectivity index (χ3v) is 7.38. The van der Waals surface area contributed by atoms with E-state index in [1.165, 1.54) is 32.4 Å². The van der Waals surface area contributed by atoms with E-state index < -0.39 is 5.97 Å². The van der Waals surface area contributed by atoms with Crippen LogP contribution in [0.2, 0.25) is 0 Å². The van der Waals surface area contributed by atoms with Gasteiger partial charge in [-0.25, -0.2) is 4.79 Å². The lowest BCUT2D eigenvalue weighted by atomic mass is 9.53. The number of pyridine rings is 1. The first kappa shape index (κ1) is 18.5. The van der Waals surface area contributed by atoms with Crippen LogP contribution in [-0.4, -0.2) is 35.2 Å². The number of rotatable bonds is 3. The second kappa shape index (κ2) is 6.25. The molecule has 6 heteroatoms. The van der Waals surface area contributed by atoms with Crippen LogP contribution in [0.1, 0.15) is 81.0 Å². The summed E-state index contributed by atoms with van der Waals surface area (Å²) in [4.78, 5) is 43.1. The summed E-state index contributed by atoms with van der Waals surface area (Å²) in [6.07, 6.45) is 8.52. The predicted octanol–water partition coefficient (Wildman–Crippen LogP) is 3.31. The molecule has 6 rings (SSSR count). The summed E-state index contributed by atoms with van der Waals surface area (Å²) in [7, 11) is 1.26. The maximum absolute atomic E-state index is 13.4. The lowest BCUT2D eigenvalue weighted by molar-refractivity contribution is -0.0147. The van der Waals surface area contributed by atoms with Gasteiger partial charge in [0.05, 0.1) is 35.2 Å². The third kappa shape index (κ3) is 2.75. The minimum atomic E-state index is -0.640. The fraction of sp³-hybridized carbons (Fsp3) is 0.565. The van der Waals surface area contributed by atoms with Crippen molar-refractivity contribution >= 4 is 17.5 Å². The molecule has 152 valence electrons. The number of ketones is 2. The Balaban J connectivity index is 1.54. The van der Waals surface area contributed by atoms with Crippen LogP contribution in [0.4, 0.5) is 0 Å². The van der Waals surface area contributed by atoms with Crippen LogP contribution in [-0.2, 0) is 4.74 Å². The first-order chi connectivity index (χ1) is 13.8. The van der Waals surface area contributed by atoms with Gasteiger partial charge < -0.3 is 10.1 Å². The van der Waals surface area contributed by atoms with Crippen LogP contribution < -0.4 is 5.32 Å². The van der Waals surface area contributed by atoms with E-state index in [4.69, 9.17) is 4.74 Å². The van der Waals surface area contributed by atoms with Crippen LogP contribution in [0.25, 0.3) is 0 Å². The lowest BCUT2D eigenvalue weighted by Crippen LogP contribution is -2.58. The topological polar surface area (TPSA) is 85.4 Å². The number of ether oxygens (including phenoxy) is 1. The van der Waals surface area contributed by atoms with Gasteiger partial charge in [-0.3, -0.25) is 14.6 Å². The summed E-state index contributed by atoms with van der Waals surface area (Å²) in [5.41, 5.74) is 1.61. The molecule has 5 aliphatic rings. The van der Waals surface area contributed by atoms with Crippen molar-refractivity contribution in [3.63, 3.8) is 0 Å². The van der Waals surface area contributed by atoms with Gasteiger partial charge in [-0.05, 0) is 70.1 Å². The fourth-order valence-electron chi connectivity index (χ4n) is 6.77. The zero-order valence-electron chi connectivity index (χ0n) is 17.1. The van der Waals surface area contributed by atoms with Gasteiger partial charge in [0.2, 0.25) is 5.78 Å². The monoisotopic (exact) mass is 394 g/mol. The molecule has 0 aliphatic heterocycles. The van der Waals surface area contributed by atoms with Crippen LogP contribution in [0.3, 0.4) is 0 Å². The van der Waals surface area contributed by atoms with Crippen molar-refractivity contribution in [1.82, 2.24) is 10.3 Å². The number of hydrogen-bond donors (Lipinski definition) is 1. The van der Waals surface area contributed by atoms with E-state index in [1.807, 2.05) is 0 Å². The van der Waals surface area contributed by atoms with Crippen LogP contribution >= 0.6 is 0 Å². The van der Waals surface area contributed by atoms with E-state index in [0.717, 1.165) is 37.0 Å². The molecule has 4 saturated carbocycles. The maximum Gasteiger partial charge on any atom is 0.340 e. The normalized spacial score (nSPS) is 32.1. The van der Waals surface area contributed by atoms with E-state index in [-0.39, 0.29) is 33.8 Å². The molecule has 1 aromatic heterocycles. The molecule has 0 amide bonds. The molecular formula is C23H26N2O4. The van der Waals surface area contributed by atoms with Gasteiger partial charge in [-0.1, -0.05) is 0 Å². The number of aryl methyl sites for hydroxylation is 2. The highest BCUT2D eigenvalue weighted by atomic mass is 16.5. The van der Waals surface area contributed by atoms with Gasteiger partial charge in [0.1, 0.15) is 0 Å². The van der Waals surface area contributed by atoms with E-state index in [2.05, 4.69) is 10.3 Å². The molecule has 0 unspecified atom stereocenters. The molecule has 4 fully saturated rings. The number of fused-ring (bicyclic) bond motifs is 1. The van der Waals surface area contributed by atoms with Crippen LogP contribution in [0.5, 0.6) is 0 Å². The summed E-state index contributed by atoms with van der Waals surface area (Å²) in [6, 6.07) is 0. The smallest absolute Gasteiger partial charge is 0.340 e. The highest BCUT2D eigenvalue weighted by Crippen LogP contribution is 2.56. The summed E-state index contributed by atoms with van der Waals surface area (Å²) in [5, 5.41) is 3.54. The molecule has 0 radical (unpaired) electrons. The molecule has 6 nitrogen and oxygen atoms in total. The summed E-state index contributed by atoms with van der Waals surface area (Å²) >= 11 is 0. The number of aromatic nitrogens is 1. The molecule has 29 heavy (non-hydrogen) atoms. The van der Waals surface area contributed by atoms with Crippen molar-refractivity contribution in [3.8, 4) is 0 Å². The summed E-state index contributed by atoms with van der Waals surface area (Å²) in [6.45, 7) is 3.37. The summed E-state index contributed by atoms with van der Waals surface area (Å²) in [5.74, 6) is 0.971. The van der Waals surface area contributed by atoms with E-state index in [0.29, 0.717) is 17.1 Å². The largest absolute Gasteiger partial charge is 0.465 e. The van der Waals surface area contributed by atoms with E-state index >= 15 is 0 Å². The Hall–Kier alpha value is -2.50. The predicted molar refractivity (Wildman–Crippen MR) is 106 cm³/mol. The minimum Gasteiger partial charge on any atom is -0.465 e.